The molecule has 57 heavy (non-hydrogen) atoms. The van der Waals surface area contributed by atoms with Gasteiger partial charge in [-0.05, 0) is 150 Å². The third-order valence-corrected chi connectivity index (χ3v) is 18.3. The largest absolute Gasteiger partial charge is 0.444 e. The van der Waals surface area contributed by atoms with E-state index < -0.39 is 35.8 Å². The Balaban J connectivity index is 0.903. The van der Waals surface area contributed by atoms with Gasteiger partial charge in [0.1, 0.15) is 11.7 Å². The van der Waals surface area contributed by atoms with Crippen LogP contribution in [-0.2, 0) is 23.7 Å². The number of amides is 2. The summed E-state index contributed by atoms with van der Waals surface area (Å²) in [5, 5.41) is 34.3. The Bertz CT molecular complexity index is 1550. The number of fused-ring (bicyclic) bond motifs is 4. The highest BCUT2D eigenvalue weighted by molar-refractivity contribution is 5.76. The van der Waals surface area contributed by atoms with Crippen LogP contribution in [0.1, 0.15) is 140 Å². The molecule has 5 aliphatic carbocycles. The molecule has 0 bridgehead atoms. The number of nitrogens with zero attached hydrogens (tertiary/aromatic N) is 2. The zero-order chi connectivity index (χ0) is 41.3. The van der Waals surface area contributed by atoms with Gasteiger partial charge in [0.25, 0.3) is 0 Å². The number of carbonyl (C=O) groups excluding carboxylic acids is 2. The number of piperidine rings is 1. The molecule has 14 atom stereocenters. The average Bonchev–Trinajstić information content (AvgIpc) is 3.76. The predicted molar refractivity (Wildman–Crippen MR) is 215 cm³/mol. The highest BCUT2D eigenvalue weighted by Gasteiger charge is 2.84. The predicted octanol–water partition coefficient (Wildman–Crippen LogP) is 6.54. The number of aliphatic hydroxyl groups excluding tert-OH is 2. The highest BCUT2D eigenvalue weighted by atomic mass is 16.7. The molecule has 324 valence electrons. The topological polar surface area (TPSA) is 138 Å². The van der Waals surface area contributed by atoms with Gasteiger partial charge >= 0.3 is 6.09 Å². The summed E-state index contributed by atoms with van der Waals surface area (Å²) in [6.07, 6.45) is 7.48. The molecule has 4 unspecified atom stereocenters. The molecule has 3 aliphatic heterocycles. The Kier molecular flexibility index (Phi) is 10.4. The Labute approximate surface area is 342 Å². The monoisotopic (exact) mass is 801 g/mol. The van der Waals surface area contributed by atoms with E-state index in [4.69, 9.17) is 18.9 Å². The van der Waals surface area contributed by atoms with Crippen molar-refractivity contribution in [2.75, 3.05) is 32.8 Å². The molecule has 3 saturated heterocycles. The fourth-order valence-corrected chi connectivity index (χ4v) is 15.3. The molecule has 0 aromatic carbocycles. The molecule has 3 N–H and O–H groups in total. The lowest BCUT2D eigenvalue weighted by Crippen LogP contribution is -2.60. The minimum atomic E-state index is -1.27. The fraction of sp³-hybridized carbons (Fsp3) is 0.957. The molecule has 8 rings (SSSR count). The number of hydrogen-bond donors (Lipinski definition) is 3. The first-order valence-corrected chi connectivity index (χ1v) is 22.8. The summed E-state index contributed by atoms with van der Waals surface area (Å²) in [6.45, 7) is 23.6. The zero-order valence-electron chi connectivity index (χ0n) is 36.9. The number of aliphatic hydroxyl groups is 3. The summed E-state index contributed by atoms with van der Waals surface area (Å²) in [6, 6.07) is 0. The second kappa shape index (κ2) is 14.0. The summed E-state index contributed by atoms with van der Waals surface area (Å²) in [4.78, 5) is 29.9. The van der Waals surface area contributed by atoms with Crippen LogP contribution in [0.15, 0.2) is 0 Å². The van der Waals surface area contributed by atoms with Crippen LogP contribution in [0.3, 0.4) is 0 Å². The second-order valence-electron chi connectivity index (χ2n) is 23.0. The lowest BCUT2D eigenvalue weighted by molar-refractivity contribution is -0.248. The normalized spacial score (nSPS) is 46.2. The van der Waals surface area contributed by atoms with E-state index in [0.717, 1.165) is 44.9 Å². The Hall–Kier alpha value is -1.50. The molecule has 8 aliphatic rings. The van der Waals surface area contributed by atoms with Crippen molar-refractivity contribution in [3.05, 3.63) is 0 Å². The van der Waals surface area contributed by atoms with Crippen molar-refractivity contribution in [2.45, 2.75) is 188 Å². The van der Waals surface area contributed by atoms with Gasteiger partial charge in [0, 0.05) is 31.5 Å². The maximum absolute atomic E-state index is 13.6. The van der Waals surface area contributed by atoms with Crippen LogP contribution in [0.2, 0.25) is 0 Å². The molecule has 3 heterocycles. The maximum Gasteiger partial charge on any atom is 0.410 e. The first-order chi connectivity index (χ1) is 26.5. The van der Waals surface area contributed by atoms with Gasteiger partial charge in [0.2, 0.25) is 5.91 Å². The van der Waals surface area contributed by atoms with Gasteiger partial charge in [-0.25, -0.2) is 4.79 Å². The van der Waals surface area contributed by atoms with E-state index in [2.05, 4.69) is 34.6 Å². The van der Waals surface area contributed by atoms with Crippen molar-refractivity contribution in [2.24, 2.45) is 56.7 Å². The van der Waals surface area contributed by atoms with Crippen LogP contribution in [0, 0.1) is 56.7 Å². The molecular formula is C46H76N2O9. The lowest BCUT2D eigenvalue weighted by atomic mass is 9.41. The molecule has 0 aromatic rings. The van der Waals surface area contributed by atoms with E-state index in [1.807, 2.05) is 25.7 Å². The second-order valence-corrected chi connectivity index (χ2v) is 23.0. The SMILES string of the molecule is C[C@@H]1C[C@H]([C@H](O)C(C)(C)O)O[C@H]2C1[C@@]1(C)CC[C@@]34CC35CCC(OC3CN(C(=O)CC6CCN(C(=O)OC(C)(C)C)CC6)CCO3)C(C)(C)[C@@H]5CC[C@H]4[C@]1(C)[C@H]2O. The van der Waals surface area contributed by atoms with Gasteiger partial charge in [0.05, 0.1) is 43.2 Å². The molecule has 0 radical (unpaired) electrons. The van der Waals surface area contributed by atoms with Gasteiger partial charge in [-0.2, -0.15) is 0 Å². The Morgan fingerprint density at radius 2 is 1.56 bits per heavy atom. The quantitative estimate of drug-likeness (QED) is 0.274. The van der Waals surface area contributed by atoms with Gasteiger partial charge in [-0.15, -0.1) is 0 Å². The number of ether oxygens (including phenoxy) is 4. The van der Waals surface area contributed by atoms with Crippen LogP contribution in [-0.4, -0.2) is 118 Å². The minimum absolute atomic E-state index is 0.0392. The van der Waals surface area contributed by atoms with E-state index in [-0.39, 0.29) is 69.0 Å². The van der Waals surface area contributed by atoms with Crippen molar-refractivity contribution in [1.82, 2.24) is 9.80 Å². The molecule has 8 fully saturated rings. The van der Waals surface area contributed by atoms with E-state index >= 15 is 0 Å². The van der Waals surface area contributed by atoms with Gasteiger partial charge in [0.15, 0.2) is 6.29 Å². The zero-order valence-corrected chi connectivity index (χ0v) is 36.9. The molecular weight excluding hydrogens is 725 g/mol. The standard InChI is InChI=1S/C46H76N2O9/c1-27-23-29(37(50)42(7,8)53)55-36-35(27)43(9)17-18-46-26-45(46)16-13-32(41(5,6)30(45)11-12-31(46)44(43,10)38(36)51)56-34-25-48(21-22-54-34)33(49)24-28-14-19-47(20-15-28)39(52)57-40(2,3)4/h27-32,34-38,50-51,53H,11-26H2,1-10H3/t27-,29-,30+,31+,32?,34?,35?,36+,37+,38+,43-,44-,45?,46+/m1/s1. The van der Waals surface area contributed by atoms with Crippen molar-refractivity contribution in [3.8, 4) is 0 Å². The lowest BCUT2D eigenvalue weighted by Gasteiger charge is -2.64. The molecule has 0 aromatic heterocycles. The van der Waals surface area contributed by atoms with E-state index in [1.165, 1.54) is 12.8 Å². The molecule has 11 heteroatoms. The summed E-state index contributed by atoms with van der Waals surface area (Å²) < 4.78 is 25.4. The van der Waals surface area contributed by atoms with Crippen molar-refractivity contribution < 1.29 is 43.9 Å². The van der Waals surface area contributed by atoms with Crippen molar-refractivity contribution >= 4 is 12.0 Å². The first kappa shape index (κ1) is 42.2. The van der Waals surface area contributed by atoms with Crippen molar-refractivity contribution in [3.63, 3.8) is 0 Å². The molecule has 5 saturated carbocycles. The van der Waals surface area contributed by atoms with Crippen LogP contribution in [0.4, 0.5) is 4.79 Å². The van der Waals surface area contributed by atoms with E-state index in [1.54, 1.807) is 18.7 Å². The summed E-state index contributed by atoms with van der Waals surface area (Å²) in [5.41, 5.74) is -1.76. The van der Waals surface area contributed by atoms with Crippen LogP contribution < -0.4 is 0 Å². The summed E-state index contributed by atoms with van der Waals surface area (Å²) in [7, 11) is 0. The number of hydrogen-bond acceptors (Lipinski definition) is 9. The molecule has 11 nitrogen and oxygen atoms in total. The molecule has 2 amide bonds. The number of likely N-dealkylation sites (tertiary alicyclic amines) is 1. The Morgan fingerprint density at radius 3 is 2.23 bits per heavy atom. The third-order valence-electron chi connectivity index (χ3n) is 18.3. The number of rotatable bonds is 6. The third kappa shape index (κ3) is 6.54. The van der Waals surface area contributed by atoms with Gasteiger partial charge in [-0.1, -0.05) is 34.6 Å². The molecule has 2 spiro atoms. The van der Waals surface area contributed by atoms with Gasteiger partial charge < -0.3 is 44.1 Å². The van der Waals surface area contributed by atoms with E-state index in [9.17, 15) is 24.9 Å². The smallest absolute Gasteiger partial charge is 0.410 e. The summed E-state index contributed by atoms with van der Waals surface area (Å²) in [5.74, 6) is 1.82. The Morgan fingerprint density at radius 1 is 0.895 bits per heavy atom. The number of morpholine rings is 1. The van der Waals surface area contributed by atoms with Crippen molar-refractivity contribution in [1.29, 1.82) is 0 Å². The minimum Gasteiger partial charge on any atom is -0.444 e. The number of carbonyl (C=O) groups is 2. The maximum atomic E-state index is 13.6. The van der Waals surface area contributed by atoms with Crippen LogP contribution in [0.25, 0.3) is 0 Å². The first-order valence-electron chi connectivity index (χ1n) is 22.8. The van der Waals surface area contributed by atoms with Crippen LogP contribution in [0.5, 0.6) is 0 Å². The van der Waals surface area contributed by atoms with E-state index in [0.29, 0.717) is 57.5 Å². The average molecular weight is 801 g/mol. The van der Waals surface area contributed by atoms with Gasteiger partial charge in [-0.3, -0.25) is 4.79 Å². The highest BCUT2D eigenvalue weighted by Crippen LogP contribution is 2.89. The van der Waals surface area contributed by atoms with Crippen LogP contribution >= 0.6 is 0 Å². The fourth-order valence-electron chi connectivity index (χ4n) is 15.3. The summed E-state index contributed by atoms with van der Waals surface area (Å²) >= 11 is 0.